The normalized spacial score (nSPS) is 19.7. The van der Waals surface area contributed by atoms with Crippen molar-refractivity contribution >= 4 is 27.2 Å². The molecule has 0 N–H and O–H groups in total. The second-order valence-electron chi connectivity index (χ2n) is 9.59. The average Bonchev–Trinajstić information content (AvgIpc) is 3.31. The number of Topliss-reactive ketones (excluding diaryl/α,β-unsaturated/α-hetero) is 1. The molecule has 2 aromatic carbocycles. The maximum Gasteiger partial charge on any atom is 0.296 e. The minimum Gasteiger partial charge on any atom is -0.493 e. The maximum absolute atomic E-state index is 13.5. The lowest BCUT2D eigenvalue weighted by Crippen LogP contribution is -2.47. The Bertz CT molecular complexity index is 1520. The Morgan fingerprint density at radius 3 is 2.44 bits per heavy atom. The van der Waals surface area contributed by atoms with Crippen LogP contribution in [0.4, 0.5) is 11.4 Å². The highest BCUT2D eigenvalue weighted by Crippen LogP contribution is 2.54. The average molecular weight is 592 g/mol. The van der Waals surface area contributed by atoms with Gasteiger partial charge in [0.25, 0.3) is 11.4 Å². The highest BCUT2D eigenvalue weighted by molar-refractivity contribution is 7.89. The van der Waals surface area contributed by atoms with E-state index < -0.39 is 53.9 Å². The van der Waals surface area contributed by atoms with Gasteiger partial charge in [0.15, 0.2) is 34.6 Å². The summed E-state index contributed by atoms with van der Waals surface area (Å²) in [4.78, 5) is 33.4. The number of hydrogen-bond donors (Lipinski definition) is 0. The standard InChI is InChI=1S/C26H29N3O11S/c1-27(41(35,36)21-10-8-17(28(31)32)15-18(21)29(33)34)13-12-26-11-5-6-19(30)25(26)40-24-20(37-2)9-7-16(23(24)26)14-22(38-3)39-4/h5,7-11,15,22,25H,6,12-14H2,1-4H3/t25-,26+/m0/s1. The number of sulfonamides is 1. The van der Waals surface area contributed by atoms with E-state index in [1.165, 1.54) is 28.4 Å². The minimum absolute atomic E-state index is 0.0637. The molecular formula is C26H29N3O11S. The number of rotatable bonds is 12. The number of non-ortho nitro benzene ring substituents is 1. The molecule has 220 valence electrons. The van der Waals surface area contributed by atoms with Crippen LogP contribution in [-0.2, 0) is 36.1 Å². The maximum atomic E-state index is 13.5. The van der Waals surface area contributed by atoms with Crippen molar-refractivity contribution in [3.05, 3.63) is 73.8 Å². The van der Waals surface area contributed by atoms with E-state index in [2.05, 4.69) is 0 Å². The number of nitrogens with zero attached hydrogens (tertiary/aromatic N) is 3. The predicted octanol–water partition coefficient (Wildman–Crippen LogP) is 2.91. The van der Waals surface area contributed by atoms with Crippen molar-refractivity contribution in [1.29, 1.82) is 0 Å². The Kier molecular flexibility index (Phi) is 8.44. The van der Waals surface area contributed by atoms with E-state index in [0.29, 0.717) is 29.5 Å². The molecule has 0 spiro atoms. The van der Waals surface area contributed by atoms with Gasteiger partial charge in [-0.2, -0.15) is 0 Å². The van der Waals surface area contributed by atoms with E-state index in [4.69, 9.17) is 18.9 Å². The van der Waals surface area contributed by atoms with Gasteiger partial charge in [0.05, 0.1) is 28.4 Å². The molecule has 2 atom stereocenters. The number of nitro groups is 2. The molecule has 1 heterocycles. The molecule has 1 aliphatic heterocycles. The number of hydrogen-bond acceptors (Lipinski definition) is 11. The summed E-state index contributed by atoms with van der Waals surface area (Å²) in [7, 11) is 1.23. The molecule has 2 aromatic rings. The quantitative estimate of drug-likeness (QED) is 0.153. The van der Waals surface area contributed by atoms with Gasteiger partial charge in [-0.25, -0.2) is 12.7 Å². The SMILES string of the molecule is COc1ccc(CC(OC)OC)c2c1O[C@H]1C(=O)CC=C[C@@]21CCN(C)S(=O)(=O)c1ccc([N+](=O)[O-])cc1[N+](=O)[O-]. The molecule has 2 aliphatic rings. The van der Waals surface area contributed by atoms with Crippen LogP contribution in [0.25, 0.3) is 0 Å². The first-order valence-corrected chi connectivity index (χ1v) is 13.9. The van der Waals surface area contributed by atoms with Crippen molar-refractivity contribution in [2.24, 2.45) is 0 Å². The van der Waals surface area contributed by atoms with Gasteiger partial charge in [0.1, 0.15) is 0 Å². The van der Waals surface area contributed by atoms with E-state index in [1.807, 2.05) is 12.1 Å². The predicted molar refractivity (Wildman–Crippen MR) is 144 cm³/mol. The molecule has 14 nitrogen and oxygen atoms in total. The number of ketones is 1. The van der Waals surface area contributed by atoms with Crippen LogP contribution < -0.4 is 9.47 Å². The fourth-order valence-electron chi connectivity index (χ4n) is 5.33. The van der Waals surface area contributed by atoms with E-state index in [-0.39, 0.29) is 25.2 Å². The van der Waals surface area contributed by atoms with Crippen LogP contribution in [0.2, 0.25) is 0 Å². The number of carbonyl (C=O) groups is 1. The third-order valence-corrected chi connectivity index (χ3v) is 9.32. The number of ether oxygens (including phenoxy) is 4. The van der Waals surface area contributed by atoms with Gasteiger partial charge in [-0.1, -0.05) is 18.2 Å². The summed E-state index contributed by atoms with van der Waals surface area (Å²) in [5.74, 6) is 0.549. The second-order valence-corrected chi connectivity index (χ2v) is 11.6. The molecule has 4 rings (SSSR count). The molecule has 0 radical (unpaired) electrons. The fraction of sp³-hybridized carbons (Fsp3) is 0.423. The topological polar surface area (TPSA) is 178 Å². The molecule has 0 saturated carbocycles. The van der Waals surface area contributed by atoms with E-state index in [0.717, 1.165) is 22.0 Å². The van der Waals surface area contributed by atoms with Crippen molar-refractivity contribution in [1.82, 2.24) is 4.31 Å². The van der Waals surface area contributed by atoms with Crippen LogP contribution in [0.15, 0.2) is 47.4 Å². The van der Waals surface area contributed by atoms with Crippen LogP contribution in [-0.4, -0.2) is 75.7 Å². The Hall–Kier alpha value is -3.92. The number of nitro benzene ring substituents is 2. The molecule has 0 bridgehead atoms. The van der Waals surface area contributed by atoms with Gasteiger partial charge in [-0.3, -0.25) is 25.0 Å². The molecule has 0 amide bonds. The second kappa shape index (κ2) is 11.5. The summed E-state index contributed by atoms with van der Waals surface area (Å²) >= 11 is 0. The summed E-state index contributed by atoms with van der Waals surface area (Å²) < 4.78 is 50.4. The molecule has 0 fully saturated rings. The van der Waals surface area contributed by atoms with Crippen LogP contribution in [0.1, 0.15) is 24.0 Å². The molecular weight excluding hydrogens is 562 g/mol. The van der Waals surface area contributed by atoms with Crippen molar-refractivity contribution in [2.75, 3.05) is 34.9 Å². The fourth-order valence-corrected chi connectivity index (χ4v) is 6.63. The van der Waals surface area contributed by atoms with Gasteiger partial charge >= 0.3 is 0 Å². The lowest BCUT2D eigenvalue weighted by atomic mass is 9.68. The van der Waals surface area contributed by atoms with Gasteiger partial charge < -0.3 is 18.9 Å². The van der Waals surface area contributed by atoms with Gasteiger partial charge in [-0.15, -0.1) is 0 Å². The summed E-state index contributed by atoms with van der Waals surface area (Å²) in [6.07, 6.45) is 2.44. The Labute approximate surface area is 235 Å². The van der Waals surface area contributed by atoms with Crippen LogP contribution in [0, 0.1) is 20.2 Å². The van der Waals surface area contributed by atoms with E-state index in [1.54, 1.807) is 12.1 Å². The molecule has 15 heteroatoms. The smallest absolute Gasteiger partial charge is 0.296 e. The summed E-state index contributed by atoms with van der Waals surface area (Å²) in [6.45, 7) is -0.179. The van der Waals surface area contributed by atoms with E-state index in [9.17, 15) is 33.4 Å². The zero-order valence-corrected chi connectivity index (χ0v) is 23.6. The molecule has 0 unspecified atom stereocenters. The largest absolute Gasteiger partial charge is 0.493 e. The van der Waals surface area contributed by atoms with Crippen molar-refractivity contribution in [3.63, 3.8) is 0 Å². The number of carbonyl (C=O) groups excluding carboxylic acids is 1. The lowest BCUT2D eigenvalue weighted by molar-refractivity contribution is -0.396. The minimum atomic E-state index is -4.48. The molecule has 0 saturated heterocycles. The Morgan fingerprint density at radius 1 is 1.12 bits per heavy atom. The first kappa shape index (κ1) is 30.0. The first-order valence-electron chi connectivity index (χ1n) is 12.4. The highest BCUT2D eigenvalue weighted by atomic mass is 32.2. The van der Waals surface area contributed by atoms with E-state index >= 15 is 0 Å². The monoisotopic (exact) mass is 591 g/mol. The van der Waals surface area contributed by atoms with Gasteiger partial charge in [-0.05, 0) is 24.1 Å². The summed E-state index contributed by atoms with van der Waals surface area (Å²) in [5, 5.41) is 22.7. The first-order chi connectivity index (χ1) is 19.4. The lowest BCUT2D eigenvalue weighted by Gasteiger charge is -2.35. The number of fused-ring (bicyclic) bond motifs is 3. The third kappa shape index (κ3) is 5.28. The Morgan fingerprint density at radius 2 is 1.83 bits per heavy atom. The summed E-state index contributed by atoms with van der Waals surface area (Å²) in [5.41, 5.74) is -1.24. The molecule has 1 aliphatic carbocycles. The molecule has 41 heavy (non-hydrogen) atoms. The highest BCUT2D eigenvalue weighted by Gasteiger charge is 2.54. The van der Waals surface area contributed by atoms with Crippen LogP contribution in [0.3, 0.4) is 0 Å². The Balaban J connectivity index is 1.76. The van der Waals surface area contributed by atoms with Gasteiger partial charge in [0, 0.05) is 52.3 Å². The number of benzene rings is 2. The van der Waals surface area contributed by atoms with Crippen molar-refractivity contribution in [3.8, 4) is 11.5 Å². The zero-order chi connectivity index (χ0) is 30.1. The summed E-state index contributed by atoms with van der Waals surface area (Å²) in [6, 6.07) is 5.87. The van der Waals surface area contributed by atoms with Crippen LogP contribution >= 0.6 is 0 Å². The van der Waals surface area contributed by atoms with Crippen LogP contribution in [0.5, 0.6) is 11.5 Å². The number of methoxy groups -OCH3 is 3. The molecule has 0 aromatic heterocycles. The van der Waals surface area contributed by atoms with Crippen molar-refractivity contribution in [2.45, 2.75) is 42.0 Å². The zero-order valence-electron chi connectivity index (χ0n) is 22.8. The third-order valence-electron chi connectivity index (χ3n) is 7.41. The number of allylic oxidation sites excluding steroid dienone is 1. The van der Waals surface area contributed by atoms with Gasteiger partial charge in [0.2, 0.25) is 10.0 Å². The van der Waals surface area contributed by atoms with Crippen molar-refractivity contribution < 1.29 is 42.0 Å².